The van der Waals surface area contributed by atoms with Crippen LogP contribution in [0.4, 0.5) is 0 Å². The number of quaternary nitrogens is 1. The van der Waals surface area contributed by atoms with Gasteiger partial charge in [0.15, 0.2) is 11.5 Å². The lowest BCUT2D eigenvalue weighted by Gasteiger charge is -2.29. The van der Waals surface area contributed by atoms with E-state index in [2.05, 4.69) is 0 Å². The van der Waals surface area contributed by atoms with Crippen LogP contribution in [0.25, 0.3) is 5.76 Å². The number of aliphatic hydroxyl groups excluding tert-OH is 1. The number of rotatable bonds is 6. The fourth-order valence-electron chi connectivity index (χ4n) is 4.80. The summed E-state index contributed by atoms with van der Waals surface area (Å²) in [5.41, 5.74) is 1.13. The van der Waals surface area contributed by atoms with E-state index in [4.69, 9.17) is 18.9 Å². The Hall–Kier alpha value is -3.56. The fraction of sp³-hybridized carbons (Fsp3) is 0.385. The first kappa shape index (κ1) is 23.2. The third-order valence-electron chi connectivity index (χ3n) is 6.67. The van der Waals surface area contributed by atoms with Gasteiger partial charge in [-0.1, -0.05) is 12.1 Å². The van der Waals surface area contributed by atoms with E-state index in [-0.39, 0.29) is 11.3 Å². The molecule has 0 radical (unpaired) electrons. The lowest BCUT2D eigenvalue weighted by Crippen LogP contribution is -3.14. The lowest BCUT2D eigenvalue weighted by molar-refractivity contribution is -0.907. The van der Waals surface area contributed by atoms with Gasteiger partial charge in [0.05, 0.1) is 45.0 Å². The molecule has 3 aliphatic heterocycles. The molecule has 35 heavy (non-hydrogen) atoms. The third kappa shape index (κ3) is 4.56. The van der Waals surface area contributed by atoms with Gasteiger partial charge in [0, 0.05) is 5.56 Å². The quantitative estimate of drug-likeness (QED) is 0.358. The van der Waals surface area contributed by atoms with E-state index >= 15 is 0 Å². The molecule has 2 aromatic carbocycles. The van der Waals surface area contributed by atoms with Crippen molar-refractivity contribution in [3.8, 4) is 17.2 Å². The summed E-state index contributed by atoms with van der Waals surface area (Å²) in [7, 11) is 1.56. The summed E-state index contributed by atoms with van der Waals surface area (Å²) in [6, 6.07) is 11.5. The van der Waals surface area contributed by atoms with Gasteiger partial charge in [-0.3, -0.25) is 9.59 Å². The van der Waals surface area contributed by atoms with Crippen molar-refractivity contribution in [3.05, 3.63) is 59.2 Å². The zero-order chi connectivity index (χ0) is 24.4. The van der Waals surface area contributed by atoms with Crippen LogP contribution in [0.5, 0.6) is 17.2 Å². The van der Waals surface area contributed by atoms with Crippen molar-refractivity contribution < 1.29 is 38.5 Å². The Morgan fingerprint density at radius 3 is 2.60 bits per heavy atom. The molecule has 3 aliphatic rings. The minimum Gasteiger partial charge on any atom is -0.507 e. The lowest BCUT2D eigenvalue weighted by atomic mass is 9.95. The highest BCUT2D eigenvalue weighted by Crippen LogP contribution is 2.41. The molecule has 0 spiro atoms. The average Bonchev–Trinajstić information content (AvgIpc) is 3.16. The van der Waals surface area contributed by atoms with Gasteiger partial charge in [0.2, 0.25) is 0 Å². The zero-order valence-electron chi connectivity index (χ0n) is 19.6. The highest BCUT2D eigenvalue weighted by atomic mass is 16.6. The molecule has 0 aliphatic carbocycles. The molecule has 0 aromatic heterocycles. The largest absolute Gasteiger partial charge is 0.507 e. The number of ether oxygens (including phenoxy) is 4. The SMILES string of the molecule is COc1cccc([C@@H]2C(=C(O)c3ccc4c(c3)OCCO4)C(=O)C(=O)N2CC[NH+]2CCOCC2)c1. The molecular formula is C26H29N2O7+. The summed E-state index contributed by atoms with van der Waals surface area (Å²) in [5, 5.41) is 11.3. The first-order valence-electron chi connectivity index (χ1n) is 11.8. The number of ketones is 1. The van der Waals surface area contributed by atoms with Crippen LogP contribution in [0.15, 0.2) is 48.0 Å². The Labute approximate surface area is 203 Å². The number of hydrogen-bond acceptors (Lipinski definition) is 7. The van der Waals surface area contributed by atoms with Crippen LogP contribution in [0, 0.1) is 0 Å². The molecule has 2 N–H and O–H groups in total. The van der Waals surface area contributed by atoms with E-state index in [9.17, 15) is 14.7 Å². The third-order valence-corrected chi connectivity index (χ3v) is 6.67. The Morgan fingerprint density at radius 1 is 1.06 bits per heavy atom. The maximum absolute atomic E-state index is 13.3. The second-order valence-corrected chi connectivity index (χ2v) is 8.74. The first-order chi connectivity index (χ1) is 17.1. The molecule has 0 bridgehead atoms. The zero-order valence-corrected chi connectivity index (χ0v) is 19.6. The van der Waals surface area contributed by atoms with Gasteiger partial charge in [0.1, 0.15) is 37.8 Å². The number of carbonyl (C=O) groups is 2. The van der Waals surface area contributed by atoms with Gasteiger partial charge in [-0.05, 0) is 35.9 Å². The van der Waals surface area contributed by atoms with E-state index in [1.807, 2.05) is 12.1 Å². The predicted molar refractivity (Wildman–Crippen MR) is 126 cm³/mol. The molecule has 1 amide bonds. The smallest absolute Gasteiger partial charge is 0.295 e. The number of nitrogens with zero attached hydrogens (tertiary/aromatic N) is 1. The van der Waals surface area contributed by atoms with Crippen LogP contribution < -0.4 is 19.1 Å². The maximum atomic E-state index is 13.3. The second kappa shape index (κ2) is 9.97. The van der Waals surface area contributed by atoms with Gasteiger partial charge in [-0.15, -0.1) is 0 Å². The number of aliphatic hydroxyl groups is 1. The number of likely N-dealkylation sites (tertiary alicyclic amines) is 1. The van der Waals surface area contributed by atoms with Gasteiger partial charge in [0.25, 0.3) is 11.7 Å². The number of fused-ring (bicyclic) bond motifs is 1. The van der Waals surface area contributed by atoms with Crippen LogP contribution in [0.2, 0.25) is 0 Å². The summed E-state index contributed by atoms with van der Waals surface area (Å²) in [6.07, 6.45) is 0. The van der Waals surface area contributed by atoms with Gasteiger partial charge in [-0.2, -0.15) is 0 Å². The van der Waals surface area contributed by atoms with E-state index in [1.54, 1.807) is 42.3 Å². The molecule has 2 saturated heterocycles. The molecule has 0 unspecified atom stereocenters. The standard InChI is InChI=1S/C26H28N2O7/c1-32-19-4-2-3-17(15-19)23-22(24(29)18-5-6-20-21(16-18)35-14-13-34-20)25(30)26(31)28(23)8-7-27-9-11-33-12-10-27/h2-6,15-16,23,29H,7-14H2,1H3/p+1/t23-/m1/s1. The summed E-state index contributed by atoms with van der Waals surface area (Å²) in [4.78, 5) is 29.4. The molecule has 9 heteroatoms. The van der Waals surface area contributed by atoms with Crippen LogP contribution in [-0.2, 0) is 14.3 Å². The molecule has 2 aromatic rings. The number of methoxy groups -OCH3 is 1. The van der Waals surface area contributed by atoms with Crippen LogP contribution in [0.1, 0.15) is 17.2 Å². The van der Waals surface area contributed by atoms with E-state index < -0.39 is 17.7 Å². The van der Waals surface area contributed by atoms with Gasteiger partial charge in [-0.25, -0.2) is 0 Å². The number of hydrogen-bond donors (Lipinski definition) is 2. The number of benzene rings is 2. The average molecular weight is 482 g/mol. The summed E-state index contributed by atoms with van der Waals surface area (Å²) in [6.45, 7) is 4.96. The molecule has 184 valence electrons. The molecule has 1 atom stereocenters. The number of carbonyl (C=O) groups excluding carboxylic acids is 2. The van der Waals surface area contributed by atoms with Crippen LogP contribution in [-0.4, -0.2) is 81.4 Å². The van der Waals surface area contributed by atoms with Gasteiger partial charge >= 0.3 is 0 Å². The van der Waals surface area contributed by atoms with Crippen LogP contribution in [0.3, 0.4) is 0 Å². The fourth-order valence-corrected chi connectivity index (χ4v) is 4.80. The highest BCUT2D eigenvalue weighted by molar-refractivity contribution is 6.46. The Kier molecular flexibility index (Phi) is 6.61. The summed E-state index contributed by atoms with van der Waals surface area (Å²) >= 11 is 0. The molecule has 9 nitrogen and oxygen atoms in total. The van der Waals surface area contributed by atoms with Crippen molar-refractivity contribution >= 4 is 17.4 Å². The topological polar surface area (TPSA) is 99.0 Å². The minimum atomic E-state index is -0.737. The van der Waals surface area contributed by atoms with E-state index in [0.717, 1.165) is 13.1 Å². The number of morpholine rings is 1. The first-order valence-corrected chi connectivity index (χ1v) is 11.8. The molecule has 0 saturated carbocycles. The predicted octanol–water partition coefficient (Wildman–Crippen LogP) is 0.803. The number of Topliss-reactive ketones (excluding diaryl/α,β-unsaturated/α-hetero) is 1. The summed E-state index contributed by atoms with van der Waals surface area (Å²) < 4.78 is 22.0. The van der Waals surface area contributed by atoms with E-state index in [0.29, 0.717) is 67.9 Å². The molecule has 5 rings (SSSR count). The Morgan fingerprint density at radius 2 is 1.83 bits per heavy atom. The van der Waals surface area contributed by atoms with Crippen molar-refractivity contribution in [2.24, 2.45) is 0 Å². The molecule has 3 heterocycles. The highest BCUT2D eigenvalue weighted by Gasteiger charge is 2.46. The van der Waals surface area contributed by atoms with Crippen molar-refractivity contribution in [1.29, 1.82) is 0 Å². The van der Waals surface area contributed by atoms with Crippen molar-refractivity contribution in [3.63, 3.8) is 0 Å². The van der Waals surface area contributed by atoms with Gasteiger partial charge < -0.3 is 33.9 Å². The van der Waals surface area contributed by atoms with E-state index in [1.165, 1.54) is 4.90 Å². The number of nitrogens with one attached hydrogen (secondary N) is 1. The Balaban J connectivity index is 1.54. The summed E-state index contributed by atoms with van der Waals surface area (Å²) in [5.74, 6) is 0.0989. The Bertz CT molecular complexity index is 1160. The van der Waals surface area contributed by atoms with Crippen molar-refractivity contribution in [2.75, 3.05) is 59.7 Å². The molecular weight excluding hydrogens is 452 g/mol. The van der Waals surface area contributed by atoms with Crippen LogP contribution >= 0.6 is 0 Å². The van der Waals surface area contributed by atoms with Crippen molar-refractivity contribution in [2.45, 2.75) is 6.04 Å². The second-order valence-electron chi connectivity index (χ2n) is 8.74. The van der Waals surface area contributed by atoms with Crippen molar-refractivity contribution in [1.82, 2.24) is 4.90 Å². The normalized spacial score (nSPS) is 21.9. The maximum Gasteiger partial charge on any atom is 0.295 e. The molecule has 2 fully saturated rings. The monoisotopic (exact) mass is 481 g/mol. The minimum absolute atomic E-state index is 0.0527. The number of amides is 1.